The molecule has 4 heteroatoms. The van der Waals surface area contributed by atoms with Gasteiger partial charge in [-0.1, -0.05) is 30.3 Å². The lowest BCUT2D eigenvalue weighted by molar-refractivity contribution is -0.125. The van der Waals surface area contributed by atoms with E-state index in [0.717, 1.165) is 22.5 Å². The molecule has 0 N–H and O–H groups in total. The van der Waals surface area contributed by atoms with E-state index in [9.17, 15) is 4.79 Å². The number of benzene rings is 2. The number of anilines is 1. The van der Waals surface area contributed by atoms with Crippen molar-refractivity contribution in [3.05, 3.63) is 65.2 Å². The molecule has 2 aromatic rings. The molecule has 0 unspecified atom stereocenters. The average molecular weight is 287 g/mol. The standard InChI is InChI=1S/C18H13N3O/c19-12-13-5-7-14(8-6-13)17-11-15-3-1-2-4-16(15)20-10-9-18(22)21(17)20/h1-8,11H,9-10H2. The predicted octanol–water partition coefficient (Wildman–Crippen LogP) is 3.02. The average Bonchev–Trinajstić information content (AvgIpc) is 2.97. The van der Waals surface area contributed by atoms with E-state index in [1.807, 2.05) is 41.4 Å². The fourth-order valence-electron chi connectivity index (χ4n) is 3.01. The van der Waals surface area contributed by atoms with Gasteiger partial charge in [0.05, 0.1) is 23.0 Å². The van der Waals surface area contributed by atoms with E-state index in [0.29, 0.717) is 18.5 Å². The van der Waals surface area contributed by atoms with Gasteiger partial charge in [-0.2, -0.15) is 5.26 Å². The number of hydrazine groups is 1. The van der Waals surface area contributed by atoms with E-state index in [-0.39, 0.29) is 5.91 Å². The van der Waals surface area contributed by atoms with Crippen molar-refractivity contribution >= 4 is 23.4 Å². The Labute approximate surface area is 128 Å². The third-order valence-corrected chi connectivity index (χ3v) is 4.06. The molecule has 2 aliphatic heterocycles. The Morgan fingerprint density at radius 2 is 1.82 bits per heavy atom. The summed E-state index contributed by atoms with van der Waals surface area (Å²) < 4.78 is 0. The van der Waals surface area contributed by atoms with Gasteiger partial charge in [0.25, 0.3) is 0 Å². The van der Waals surface area contributed by atoms with Gasteiger partial charge in [-0.25, -0.2) is 5.01 Å². The van der Waals surface area contributed by atoms with Crippen LogP contribution in [0.5, 0.6) is 0 Å². The van der Waals surface area contributed by atoms with Crippen molar-refractivity contribution in [2.45, 2.75) is 6.42 Å². The van der Waals surface area contributed by atoms with E-state index in [1.165, 1.54) is 0 Å². The Morgan fingerprint density at radius 3 is 2.59 bits per heavy atom. The molecule has 0 aliphatic carbocycles. The van der Waals surface area contributed by atoms with Gasteiger partial charge in [-0.3, -0.25) is 9.80 Å². The second kappa shape index (κ2) is 4.74. The number of carbonyl (C=O) groups is 1. The SMILES string of the molecule is N#Cc1ccc(C2=Cc3ccccc3N3CCC(=O)N23)cc1. The minimum Gasteiger partial charge on any atom is -0.277 e. The van der Waals surface area contributed by atoms with Crippen LogP contribution >= 0.6 is 0 Å². The second-order valence-corrected chi connectivity index (χ2v) is 5.36. The first-order chi connectivity index (χ1) is 10.8. The van der Waals surface area contributed by atoms with Crippen LogP contribution in [0.1, 0.15) is 23.1 Å². The molecule has 1 saturated heterocycles. The molecule has 1 fully saturated rings. The first kappa shape index (κ1) is 12.7. The zero-order valence-corrected chi connectivity index (χ0v) is 11.9. The number of fused-ring (bicyclic) bond motifs is 3. The van der Waals surface area contributed by atoms with E-state index in [2.05, 4.69) is 12.1 Å². The van der Waals surface area contributed by atoms with E-state index >= 15 is 0 Å². The summed E-state index contributed by atoms with van der Waals surface area (Å²) in [5.41, 5.74) is 4.59. The number of para-hydroxylation sites is 1. The summed E-state index contributed by atoms with van der Waals surface area (Å²) in [4.78, 5) is 12.3. The van der Waals surface area contributed by atoms with Gasteiger partial charge in [0.15, 0.2) is 0 Å². The van der Waals surface area contributed by atoms with Gasteiger partial charge in [0.1, 0.15) is 0 Å². The maximum atomic E-state index is 12.3. The smallest absolute Gasteiger partial charge is 0.247 e. The third-order valence-electron chi connectivity index (χ3n) is 4.06. The van der Waals surface area contributed by atoms with E-state index in [1.54, 1.807) is 17.1 Å². The molecule has 0 bridgehead atoms. The van der Waals surface area contributed by atoms with Gasteiger partial charge in [-0.15, -0.1) is 0 Å². The number of nitriles is 1. The molecule has 0 aromatic heterocycles. The van der Waals surface area contributed by atoms with Crippen molar-refractivity contribution in [3.8, 4) is 6.07 Å². The molecule has 0 spiro atoms. The zero-order chi connectivity index (χ0) is 15.1. The largest absolute Gasteiger partial charge is 0.277 e. The molecule has 1 amide bonds. The van der Waals surface area contributed by atoms with Crippen LogP contribution in [0.15, 0.2) is 48.5 Å². The van der Waals surface area contributed by atoms with Crippen molar-refractivity contribution in [1.29, 1.82) is 5.26 Å². The van der Waals surface area contributed by atoms with Crippen molar-refractivity contribution in [2.75, 3.05) is 11.6 Å². The Morgan fingerprint density at radius 1 is 1.05 bits per heavy atom. The maximum Gasteiger partial charge on any atom is 0.247 e. The molecule has 2 aromatic carbocycles. The molecule has 2 heterocycles. The highest BCUT2D eigenvalue weighted by atomic mass is 16.2. The van der Waals surface area contributed by atoms with Crippen LogP contribution in [0.25, 0.3) is 11.8 Å². The number of nitrogens with zero attached hydrogens (tertiary/aromatic N) is 3. The fraction of sp³-hybridized carbons (Fsp3) is 0.111. The molecular formula is C18H13N3O. The summed E-state index contributed by atoms with van der Waals surface area (Å²) in [7, 11) is 0. The fourth-order valence-corrected chi connectivity index (χ4v) is 3.01. The maximum absolute atomic E-state index is 12.3. The van der Waals surface area contributed by atoms with Crippen molar-refractivity contribution in [2.24, 2.45) is 0 Å². The molecule has 2 aliphatic rings. The van der Waals surface area contributed by atoms with Crippen molar-refractivity contribution < 1.29 is 4.79 Å². The topological polar surface area (TPSA) is 47.3 Å². The highest BCUT2D eigenvalue weighted by Crippen LogP contribution is 2.39. The van der Waals surface area contributed by atoms with Crippen LogP contribution in [0.2, 0.25) is 0 Å². The number of rotatable bonds is 1. The second-order valence-electron chi connectivity index (χ2n) is 5.36. The first-order valence-electron chi connectivity index (χ1n) is 7.19. The van der Waals surface area contributed by atoms with Crippen LogP contribution in [0.4, 0.5) is 5.69 Å². The minimum atomic E-state index is 0.102. The highest BCUT2D eigenvalue weighted by molar-refractivity contribution is 6.00. The van der Waals surface area contributed by atoms with Gasteiger partial charge in [-0.05, 0) is 24.3 Å². The number of hydrogen-bond acceptors (Lipinski definition) is 3. The molecular weight excluding hydrogens is 274 g/mol. The van der Waals surface area contributed by atoms with Crippen LogP contribution in [-0.2, 0) is 4.79 Å². The summed E-state index contributed by atoms with van der Waals surface area (Å²) >= 11 is 0. The Hall–Kier alpha value is -3.06. The highest BCUT2D eigenvalue weighted by Gasteiger charge is 2.36. The Bertz CT molecular complexity index is 830. The van der Waals surface area contributed by atoms with Gasteiger partial charge in [0, 0.05) is 24.1 Å². The first-order valence-corrected chi connectivity index (χ1v) is 7.19. The monoisotopic (exact) mass is 287 g/mol. The summed E-state index contributed by atoms with van der Waals surface area (Å²) in [5, 5.41) is 12.7. The zero-order valence-electron chi connectivity index (χ0n) is 11.9. The van der Waals surface area contributed by atoms with Crippen molar-refractivity contribution in [3.63, 3.8) is 0 Å². The molecule has 4 rings (SSSR count). The van der Waals surface area contributed by atoms with E-state index in [4.69, 9.17) is 5.26 Å². The lowest BCUT2D eigenvalue weighted by Crippen LogP contribution is -2.39. The third kappa shape index (κ3) is 1.80. The predicted molar refractivity (Wildman–Crippen MR) is 84.3 cm³/mol. The molecule has 0 atom stereocenters. The Balaban J connectivity index is 1.88. The molecule has 0 saturated carbocycles. The Kier molecular flexibility index (Phi) is 2.73. The van der Waals surface area contributed by atoms with Crippen LogP contribution in [0, 0.1) is 11.3 Å². The quantitative estimate of drug-likeness (QED) is 0.810. The number of hydrogen-bond donors (Lipinski definition) is 0. The summed E-state index contributed by atoms with van der Waals surface area (Å²) in [5.74, 6) is 0.102. The van der Waals surface area contributed by atoms with Crippen molar-refractivity contribution in [1.82, 2.24) is 5.01 Å². The normalized spacial score (nSPS) is 16.0. The molecule has 106 valence electrons. The van der Waals surface area contributed by atoms with Gasteiger partial charge < -0.3 is 0 Å². The van der Waals surface area contributed by atoms with Crippen LogP contribution in [0.3, 0.4) is 0 Å². The number of amides is 1. The summed E-state index contributed by atoms with van der Waals surface area (Å²) in [6.07, 6.45) is 2.55. The van der Waals surface area contributed by atoms with Crippen LogP contribution in [-0.4, -0.2) is 17.5 Å². The van der Waals surface area contributed by atoms with Gasteiger partial charge >= 0.3 is 0 Å². The number of carbonyl (C=O) groups excluding carboxylic acids is 1. The molecule has 22 heavy (non-hydrogen) atoms. The summed E-state index contributed by atoms with van der Waals surface area (Å²) in [6, 6.07) is 17.5. The lowest BCUT2D eigenvalue weighted by atomic mass is 10.0. The lowest BCUT2D eigenvalue weighted by Gasteiger charge is -2.36. The van der Waals surface area contributed by atoms with Gasteiger partial charge in [0.2, 0.25) is 5.91 Å². The summed E-state index contributed by atoms with van der Waals surface area (Å²) in [6.45, 7) is 0.698. The minimum absolute atomic E-state index is 0.102. The van der Waals surface area contributed by atoms with Crippen LogP contribution < -0.4 is 5.01 Å². The van der Waals surface area contributed by atoms with E-state index < -0.39 is 0 Å². The molecule has 4 nitrogen and oxygen atoms in total. The molecule has 0 radical (unpaired) electrons.